The molecule has 0 aromatic heterocycles. The van der Waals surface area contributed by atoms with Crippen LogP contribution in [0.1, 0.15) is 33.8 Å². The third-order valence-corrected chi connectivity index (χ3v) is 6.52. The number of benzene rings is 3. The first-order chi connectivity index (χ1) is 16.9. The lowest BCUT2D eigenvalue weighted by Gasteiger charge is -2.21. The first-order valence-corrected chi connectivity index (χ1v) is 11.4. The highest BCUT2D eigenvalue weighted by Crippen LogP contribution is 2.44. The third kappa shape index (κ3) is 4.36. The molecule has 2 aliphatic rings. The van der Waals surface area contributed by atoms with Crippen molar-refractivity contribution in [2.45, 2.75) is 24.5 Å². The van der Waals surface area contributed by atoms with Crippen molar-refractivity contribution in [2.75, 3.05) is 18.5 Å². The summed E-state index contributed by atoms with van der Waals surface area (Å²) >= 11 is 0. The van der Waals surface area contributed by atoms with Crippen LogP contribution in [-0.4, -0.2) is 58.4 Å². The number of hydrogen-bond donors (Lipinski definition) is 3. The van der Waals surface area contributed by atoms with Gasteiger partial charge in [-0.1, -0.05) is 54.6 Å². The van der Waals surface area contributed by atoms with Crippen molar-refractivity contribution in [3.8, 4) is 11.1 Å². The SMILES string of the molecule is O=C(Nc1cccc(C(=O)N2CC(O)C[C@H]2C(=O)O)c1)OCC1c2ccccc2-c2ccccc21. The molecule has 1 saturated heterocycles. The number of ether oxygens (including phenoxy) is 1. The Morgan fingerprint density at radius 2 is 1.60 bits per heavy atom. The summed E-state index contributed by atoms with van der Waals surface area (Å²) in [7, 11) is 0. The first-order valence-electron chi connectivity index (χ1n) is 11.4. The minimum Gasteiger partial charge on any atom is -0.480 e. The number of rotatable bonds is 5. The molecule has 35 heavy (non-hydrogen) atoms. The number of nitrogens with one attached hydrogen (secondary N) is 1. The fourth-order valence-electron chi connectivity index (χ4n) is 4.92. The van der Waals surface area contributed by atoms with Gasteiger partial charge in [-0.3, -0.25) is 10.1 Å². The van der Waals surface area contributed by atoms with Crippen molar-refractivity contribution in [2.24, 2.45) is 0 Å². The van der Waals surface area contributed by atoms with E-state index in [-0.39, 0.29) is 31.1 Å². The van der Waals surface area contributed by atoms with Gasteiger partial charge in [0.1, 0.15) is 12.6 Å². The van der Waals surface area contributed by atoms with Crippen molar-refractivity contribution in [1.29, 1.82) is 0 Å². The minimum absolute atomic E-state index is 0.0151. The number of fused-ring (bicyclic) bond motifs is 3. The Labute approximate surface area is 201 Å². The average Bonchev–Trinajstić information content (AvgIpc) is 3.41. The molecule has 5 rings (SSSR count). The fourth-order valence-corrected chi connectivity index (χ4v) is 4.92. The van der Waals surface area contributed by atoms with Crippen LogP contribution in [0.2, 0.25) is 0 Å². The quantitative estimate of drug-likeness (QED) is 0.521. The summed E-state index contributed by atoms with van der Waals surface area (Å²) in [6.07, 6.45) is -1.56. The van der Waals surface area contributed by atoms with Gasteiger partial charge >= 0.3 is 12.1 Å². The van der Waals surface area contributed by atoms with E-state index in [0.717, 1.165) is 27.2 Å². The van der Waals surface area contributed by atoms with Gasteiger partial charge in [0.15, 0.2) is 0 Å². The topological polar surface area (TPSA) is 116 Å². The lowest BCUT2D eigenvalue weighted by Crippen LogP contribution is -2.40. The Morgan fingerprint density at radius 1 is 0.943 bits per heavy atom. The summed E-state index contributed by atoms with van der Waals surface area (Å²) in [5, 5.41) is 21.8. The van der Waals surface area contributed by atoms with Gasteiger partial charge in [-0.25, -0.2) is 9.59 Å². The van der Waals surface area contributed by atoms with Gasteiger partial charge in [-0.15, -0.1) is 0 Å². The number of aliphatic carboxylic acids is 1. The number of nitrogens with zero attached hydrogens (tertiary/aromatic N) is 1. The summed E-state index contributed by atoms with van der Waals surface area (Å²) in [4.78, 5) is 38.1. The second kappa shape index (κ2) is 9.23. The van der Waals surface area contributed by atoms with E-state index in [1.807, 2.05) is 36.4 Å². The number of aliphatic hydroxyl groups is 1. The molecule has 1 aliphatic carbocycles. The van der Waals surface area contributed by atoms with Crippen LogP contribution in [0.25, 0.3) is 11.1 Å². The number of amides is 2. The second-order valence-electron chi connectivity index (χ2n) is 8.73. The molecular weight excluding hydrogens is 448 g/mol. The van der Waals surface area contributed by atoms with Gasteiger partial charge in [-0.2, -0.15) is 0 Å². The van der Waals surface area contributed by atoms with Gasteiger partial charge in [-0.05, 0) is 40.5 Å². The molecule has 8 heteroatoms. The zero-order valence-electron chi connectivity index (χ0n) is 18.8. The summed E-state index contributed by atoms with van der Waals surface area (Å²) in [5.41, 5.74) is 5.04. The maximum absolute atomic E-state index is 12.9. The highest BCUT2D eigenvalue weighted by Gasteiger charge is 2.39. The fraction of sp³-hybridized carbons (Fsp3) is 0.222. The Balaban J connectivity index is 1.26. The van der Waals surface area contributed by atoms with Crippen molar-refractivity contribution >= 4 is 23.7 Å². The Bertz CT molecular complexity index is 1260. The highest BCUT2D eigenvalue weighted by molar-refractivity contribution is 5.98. The van der Waals surface area contributed by atoms with Crippen LogP contribution in [-0.2, 0) is 9.53 Å². The van der Waals surface area contributed by atoms with Crippen LogP contribution in [0.15, 0.2) is 72.8 Å². The zero-order valence-corrected chi connectivity index (χ0v) is 18.8. The molecule has 1 unspecified atom stereocenters. The van der Waals surface area contributed by atoms with E-state index in [0.29, 0.717) is 5.69 Å². The predicted octanol–water partition coefficient (Wildman–Crippen LogP) is 3.71. The number of carboxylic acids is 1. The van der Waals surface area contributed by atoms with E-state index in [1.165, 1.54) is 12.1 Å². The number of carbonyl (C=O) groups is 3. The molecule has 0 saturated carbocycles. The summed E-state index contributed by atoms with van der Waals surface area (Å²) in [6.45, 7) is 0.101. The van der Waals surface area contributed by atoms with E-state index in [4.69, 9.17) is 4.74 Å². The van der Waals surface area contributed by atoms with E-state index in [9.17, 15) is 24.6 Å². The Morgan fingerprint density at radius 3 is 2.26 bits per heavy atom. The molecule has 8 nitrogen and oxygen atoms in total. The van der Waals surface area contributed by atoms with Crippen LogP contribution < -0.4 is 5.32 Å². The Hall–Kier alpha value is -4.17. The number of hydrogen-bond acceptors (Lipinski definition) is 5. The van der Waals surface area contributed by atoms with Crippen LogP contribution in [0.5, 0.6) is 0 Å². The maximum atomic E-state index is 12.9. The van der Waals surface area contributed by atoms with Crippen molar-refractivity contribution in [3.63, 3.8) is 0 Å². The van der Waals surface area contributed by atoms with Gasteiger partial charge in [0.05, 0.1) is 6.10 Å². The molecule has 0 radical (unpaired) electrons. The van der Waals surface area contributed by atoms with Crippen molar-refractivity contribution < 1.29 is 29.3 Å². The largest absolute Gasteiger partial charge is 0.480 e. The predicted molar refractivity (Wildman–Crippen MR) is 128 cm³/mol. The number of anilines is 1. The molecule has 1 fully saturated rings. The molecule has 0 spiro atoms. The second-order valence-corrected chi connectivity index (χ2v) is 8.73. The van der Waals surface area contributed by atoms with Crippen molar-refractivity contribution in [1.82, 2.24) is 4.90 Å². The van der Waals surface area contributed by atoms with Crippen LogP contribution in [0.3, 0.4) is 0 Å². The van der Waals surface area contributed by atoms with Gasteiger partial charge < -0.3 is 19.8 Å². The third-order valence-electron chi connectivity index (χ3n) is 6.52. The number of carboxylic acid groups (broad SMARTS) is 1. The normalized spacial score (nSPS) is 18.6. The number of β-amino-alcohol motifs (C(OH)–C–C–N with tert-alkyl or cyclic N) is 1. The van der Waals surface area contributed by atoms with Crippen LogP contribution in [0, 0.1) is 0 Å². The van der Waals surface area contributed by atoms with Gasteiger partial charge in [0.25, 0.3) is 5.91 Å². The minimum atomic E-state index is -1.16. The number of likely N-dealkylation sites (tertiary alicyclic amines) is 1. The Kier molecular flexibility index (Phi) is 5.96. The summed E-state index contributed by atoms with van der Waals surface area (Å²) in [5.74, 6) is -1.76. The highest BCUT2D eigenvalue weighted by atomic mass is 16.5. The lowest BCUT2D eigenvalue weighted by atomic mass is 9.98. The molecule has 2 atom stereocenters. The lowest BCUT2D eigenvalue weighted by molar-refractivity contribution is -0.141. The molecular formula is C27H24N2O6. The van der Waals surface area contributed by atoms with Crippen LogP contribution >= 0.6 is 0 Å². The molecule has 0 bridgehead atoms. The van der Waals surface area contributed by atoms with Crippen LogP contribution in [0.4, 0.5) is 10.5 Å². The van der Waals surface area contributed by atoms with E-state index in [2.05, 4.69) is 17.4 Å². The van der Waals surface area contributed by atoms with Gasteiger partial charge in [0, 0.05) is 30.1 Å². The van der Waals surface area contributed by atoms with E-state index in [1.54, 1.807) is 12.1 Å². The molecule has 3 N–H and O–H groups in total. The molecule has 1 aliphatic heterocycles. The molecule has 2 amide bonds. The van der Waals surface area contributed by atoms with E-state index >= 15 is 0 Å². The first kappa shape index (κ1) is 22.6. The summed E-state index contributed by atoms with van der Waals surface area (Å²) in [6, 6.07) is 21.2. The average molecular weight is 472 g/mol. The smallest absolute Gasteiger partial charge is 0.411 e. The maximum Gasteiger partial charge on any atom is 0.411 e. The van der Waals surface area contributed by atoms with Gasteiger partial charge in [0.2, 0.25) is 0 Å². The van der Waals surface area contributed by atoms with E-state index < -0.39 is 30.1 Å². The molecule has 178 valence electrons. The molecule has 1 heterocycles. The standard InChI is InChI=1S/C27H24N2O6/c30-18-13-24(26(32)33)29(14-18)25(31)16-6-5-7-17(12-16)28-27(34)35-15-23-21-10-3-1-8-19(21)20-9-2-4-11-22(20)23/h1-12,18,23-24,30H,13-15H2,(H,28,34)(H,32,33)/t18?,24-/m0/s1. The monoisotopic (exact) mass is 472 g/mol. The molecule has 3 aromatic carbocycles. The molecule has 3 aromatic rings. The zero-order chi connectivity index (χ0) is 24.5. The van der Waals surface area contributed by atoms with Crippen molar-refractivity contribution in [3.05, 3.63) is 89.5 Å². The number of aliphatic hydroxyl groups excluding tert-OH is 1. The summed E-state index contributed by atoms with van der Waals surface area (Å²) < 4.78 is 5.55. The number of carbonyl (C=O) groups excluding carboxylic acids is 2.